The van der Waals surface area contributed by atoms with Gasteiger partial charge >= 0.3 is 15.3 Å². The van der Waals surface area contributed by atoms with Gasteiger partial charge in [-0.1, -0.05) is 313 Å². The number of benzene rings is 2. The van der Waals surface area contributed by atoms with Crippen LogP contribution in [0.25, 0.3) is 0 Å². The number of quaternary nitrogens is 1. The lowest BCUT2D eigenvalue weighted by atomic mass is 9.83. The molecule has 101 heavy (non-hydrogen) atoms. The van der Waals surface area contributed by atoms with Crippen molar-refractivity contribution in [2.75, 3.05) is 71.8 Å². The van der Waals surface area contributed by atoms with Crippen molar-refractivity contribution in [1.82, 2.24) is 16.0 Å². The van der Waals surface area contributed by atoms with Gasteiger partial charge in [0, 0.05) is 78.9 Å². The van der Waals surface area contributed by atoms with Gasteiger partial charge in [0.2, 0.25) is 11.8 Å². The van der Waals surface area contributed by atoms with Crippen LogP contribution >= 0.6 is 0 Å². The number of carboxylic acid groups (broad SMARTS) is 1. The molecule has 0 aromatic heterocycles. The van der Waals surface area contributed by atoms with Gasteiger partial charge in [-0.05, 0) is 71.0 Å². The largest absolute Gasteiger partial charge is 0.550 e. The summed E-state index contributed by atoms with van der Waals surface area (Å²) < 4.78 is 23.5. The number of rotatable bonds is 59. The summed E-state index contributed by atoms with van der Waals surface area (Å²) in [6.45, 7) is 32.6. The Hall–Kier alpha value is -3.99. The molecule has 580 valence electrons. The molecule has 0 radical (unpaired) electrons. The molecule has 0 bridgehead atoms. The summed E-state index contributed by atoms with van der Waals surface area (Å²) >= 11 is 0. The van der Waals surface area contributed by atoms with E-state index < -0.39 is 39.5 Å². The number of amides is 2. The molecule has 2 aromatic carbocycles. The maximum absolute atomic E-state index is 13.3. The molecule has 0 saturated carbocycles. The van der Waals surface area contributed by atoms with Crippen molar-refractivity contribution < 1.29 is 52.0 Å². The second kappa shape index (κ2) is 61.2. The van der Waals surface area contributed by atoms with Crippen molar-refractivity contribution in [3.63, 3.8) is 0 Å². The average molecular weight is 1480 g/mol. The predicted molar refractivity (Wildman–Crippen MR) is 431 cm³/mol. The molecule has 2 aromatic rings. The number of aliphatic carboxylic acids is 1. The van der Waals surface area contributed by atoms with E-state index in [-0.39, 0.29) is 53.7 Å². The molecule has 0 fully saturated rings. The Morgan fingerprint density at radius 3 is 1.36 bits per heavy atom. The molecule has 1 unspecified atom stereocenters. The minimum Gasteiger partial charge on any atom is -0.550 e. The highest BCUT2D eigenvalue weighted by molar-refractivity contribution is 6.95. The van der Waals surface area contributed by atoms with Crippen molar-refractivity contribution in [2.45, 2.75) is 341 Å². The summed E-state index contributed by atoms with van der Waals surface area (Å²) in [5.74, 6) is -2.35. The number of carbonyl (C=O) groups excluding carboxylic acids is 6. The number of nitrogens with zero attached hydrogens (tertiary/aromatic N) is 1. The van der Waals surface area contributed by atoms with Crippen LogP contribution in [0, 0.1) is 5.92 Å². The highest BCUT2D eigenvalue weighted by Crippen LogP contribution is 2.33. The lowest BCUT2D eigenvalue weighted by Crippen LogP contribution is -2.40. The summed E-state index contributed by atoms with van der Waals surface area (Å²) in [7, 11) is -0.438. The summed E-state index contributed by atoms with van der Waals surface area (Å²) in [5.41, 5.74) is 3.18. The first-order valence-electron chi connectivity index (χ1n) is 40.7. The average Bonchev–Trinajstić information content (AvgIpc) is 0.755. The molecule has 1 aliphatic carbocycles. The normalized spacial score (nSPS) is 12.3. The van der Waals surface area contributed by atoms with Crippen LogP contribution in [0.1, 0.15) is 304 Å². The highest BCUT2D eigenvalue weighted by atomic mass is 28.4. The summed E-state index contributed by atoms with van der Waals surface area (Å²) in [6.07, 6.45) is 48.4. The van der Waals surface area contributed by atoms with Crippen LogP contribution < -0.4 is 26.4 Å². The maximum atomic E-state index is 13.3. The fourth-order valence-corrected chi connectivity index (χ4v) is 28.7. The van der Waals surface area contributed by atoms with E-state index in [4.69, 9.17) is 13.7 Å². The van der Waals surface area contributed by atoms with Gasteiger partial charge in [-0.3, -0.25) is 32.9 Å². The Kier molecular flexibility index (Phi) is 58.8. The minimum absolute atomic E-state index is 0.0231. The van der Waals surface area contributed by atoms with Gasteiger partial charge in [0.15, 0.2) is 11.6 Å². The minimum atomic E-state index is -1.42. The van der Waals surface area contributed by atoms with E-state index in [0.29, 0.717) is 55.0 Å². The van der Waals surface area contributed by atoms with E-state index in [9.17, 15) is 33.9 Å². The van der Waals surface area contributed by atoms with Gasteiger partial charge in [-0.15, -0.1) is 0 Å². The second-order valence-electron chi connectivity index (χ2n) is 32.5. The smallest absolute Gasteiger partial charge is 0.549 e. The monoisotopic (exact) mass is 1480 g/mol. The Bertz CT molecular complexity index is 2540. The molecule has 1 aliphatic rings. The summed E-state index contributed by atoms with van der Waals surface area (Å²) in [5, 5.41) is 22.7. The predicted octanol–water partition coefficient (Wildman–Crippen LogP) is 19.2. The number of nitrogens with one attached hydrogen (secondary N) is 4. The molecule has 15 nitrogen and oxygen atoms in total. The van der Waals surface area contributed by atoms with Crippen LogP contribution in [0.15, 0.2) is 42.5 Å². The van der Waals surface area contributed by atoms with E-state index in [0.717, 1.165) is 45.2 Å². The number of esters is 1. The van der Waals surface area contributed by atoms with Gasteiger partial charge in [0.05, 0.1) is 51.5 Å². The molecule has 4 N–H and O–H groups in total. The highest BCUT2D eigenvalue weighted by Gasteiger charge is 2.33. The third-order valence-electron chi connectivity index (χ3n) is 19.7. The van der Waals surface area contributed by atoms with Crippen molar-refractivity contribution in [3.8, 4) is 0 Å². The lowest BCUT2D eigenvalue weighted by molar-refractivity contribution is -0.888. The van der Waals surface area contributed by atoms with Gasteiger partial charge < -0.3 is 40.4 Å². The molecule has 19 heteroatoms. The second-order valence-corrected chi connectivity index (χ2v) is 49.4. The zero-order chi connectivity index (χ0) is 75.5. The van der Waals surface area contributed by atoms with Crippen LogP contribution in [0.2, 0.25) is 69.6 Å². The number of hydrogen-bond donors (Lipinski definition) is 4. The van der Waals surface area contributed by atoms with Gasteiger partial charge in [0.1, 0.15) is 0 Å². The topological polar surface area (TPSA) is 217 Å². The third-order valence-corrected chi connectivity index (χ3v) is 32.6. The van der Waals surface area contributed by atoms with E-state index >= 15 is 0 Å². The molecule has 3 rings (SSSR count). The van der Waals surface area contributed by atoms with Crippen LogP contribution in [0.3, 0.4) is 0 Å². The van der Waals surface area contributed by atoms with Crippen molar-refractivity contribution >= 4 is 74.5 Å². The summed E-state index contributed by atoms with van der Waals surface area (Å²) in [6, 6.07) is 15.6. The van der Waals surface area contributed by atoms with Gasteiger partial charge in [-0.2, -0.15) is 0 Å². The number of anilines is 1. The van der Waals surface area contributed by atoms with E-state index in [2.05, 4.69) is 102 Å². The molecule has 0 aliphatic heterocycles. The number of ether oxygens (including phenoxy) is 1. The SMILES string of the molecule is CCCCCCCCCCCCCCCCCCOC(=O)CCNCCC[Si](C)(C)C[Si](C)(C)CCCNCC(C)C(=O)Nc1cccc2c1C(=O)c1ccccc1C2=O.CCCCCCCCCCCCCCCCCC[N+](C)(C)CC.C[Si](C)(C)CCCNC(=O)CCC(=O)[O-].O=[Si]=O. The van der Waals surface area contributed by atoms with Crippen molar-refractivity contribution in [3.05, 3.63) is 64.7 Å². The zero-order valence-corrected chi connectivity index (χ0v) is 71.0. The van der Waals surface area contributed by atoms with E-state index in [1.165, 1.54) is 234 Å². The molecule has 0 spiro atoms. The molecule has 0 heterocycles. The van der Waals surface area contributed by atoms with Crippen LogP contribution in [0.4, 0.5) is 5.69 Å². The fourth-order valence-electron chi connectivity index (χ4n) is 13.4. The first-order valence-corrected chi connectivity index (χ1v) is 52.0. The molecule has 2 amide bonds. The number of unbranched alkanes of at least 4 members (excludes halogenated alkanes) is 30. The van der Waals surface area contributed by atoms with Gasteiger partial charge in [0.25, 0.3) is 0 Å². The van der Waals surface area contributed by atoms with Gasteiger partial charge in [-0.25, -0.2) is 0 Å². The number of carbonyl (C=O) groups is 6. The molecule has 0 saturated heterocycles. The standard InChI is InChI=1S/C50H83N3O5Si2.C22H48N.C10H21NO3Si.O2Si/c1-7-8-9-10-11-12-13-14-15-16-17-18-19-20-21-24-36-58-46(54)32-35-51-33-26-37-59(3,4)40-60(5,6)38-27-34-52-39-41(2)50(57)53-45-31-25-30-44-47(45)49(56)43-29-23-22-28-42(43)48(44)55;1-5-7-8-9-10-11-12-13-14-15-16-17-18-19-20-21-22-23(3,4)6-2;1-15(2,3)8-4-7-11-9(12)5-6-10(13)14;1-3-2/h22-23,25,28-31,41,51-52H,7-21,24,26-27,32-40H2,1-6H3,(H,53,57);5-22H2,1-4H3;4-8H2,1-3H3,(H,11,12)(H,13,14);/q;+1;;/p-1. The van der Waals surface area contributed by atoms with E-state index in [1.807, 2.05) is 6.92 Å². The number of ketones is 2. The molecule has 1 atom stereocenters. The van der Waals surface area contributed by atoms with Crippen LogP contribution in [-0.2, 0) is 32.8 Å². The lowest BCUT2D eigenvalue weighted by Gasteiger charge is -2.32. The molecular formula is C82H151N5O10Si4. The number of fused-ring (bicyclic) bond motifs is 2. The Balaban J connectivity index is 0.00000198. The maximum Gasteiger partial charge on any atom is 0.549 e. The van der Waals surface area contributed by atoms with Crippen LogP contribution in [0.5, 0.6) is 0 Å². The molecular weight excluding hydrogens is 1330 g/mol. The Morgan fingerprint density at radius 2 is 0.911 bits per heavy atom. The Labute approximate surface area is 622 Å². The first-order chi connectivity index (χ1) is 48.2. The quantitative estimate of drug-likeness (QED) is 0.0180. The van der Waals surface area contributed by atoms with Crippen molar-refractivity contribution in [2.24, 2.45) is 5.92 Å². The Morgan fingerprint density at radius 1 is 0.495 bits per heavy atom. The fraction of sp³-hybridized carbons (Fsp3) is 0.780. The van der Waals surface area contributed by atoms with E-state index in [1.54, 1.807) is 42.5 Å². The number of hydrogen-bond acceptors (Lipinski definition) is 12. The van der Waals surface area contributed by atoms with Crippen molar-refractivity contribution in [1.29, 1.82) is 0 Å². The van der Waals surface area contributed by atoms with Crippen LogP contribution in [-0.4, -0.2) is 140 Å². The number of carboxylic acids is 1. The zero-order valence-electron chi connectivity index (χ0n) is 67.0. The first kappa shape index (κ1) is 97.0. The summed E-state index contributed by atoms with van der Waals surface area (Å²) in [4.78, 5) is 72.9. The third kappa shape index (κ3) is 55.2.